The number of nitrogens with one attached hydrogen (secondary N) is 1. The second-order valence-corrected chi connectivity index (χ2v) is 9.27. The van der Waals surface area contributed by atoms with E-state index in [1.807, 2.05) is 72.8 Å². The Hall–Kier alpha value is -4.09. The largest absolute Gasteiger partial charge is 0.454 e. The SMILES string of the molecule is CN(C)CC(Nc1cccc2c1Oc1ccccc1C21OC(=O)c2ccccc21)c1ccccc1. The maximum Gasteiger partial charge on any atom is 0.340 e. The van der Waals surface area contributed by atoms with Gasteiger partial charge in [-0.3, -0.25) is 0 Å². The third kappa shape index (κ3) is 3.39. The molecule has 6 rings (SSSR count). The lowest BCUT2D eigenvalue weighted by atomic mass is 9.77. The number of nitrogens with zero attached hydrogens (tertiary/aromatic N) is 1. The molecule has 0 saturated carbocycles. The van der Waals surface area contributed by atoms with E-state index in [-0.39, 0.29) is 12.0 Å². The lowest BCUT2D eigenvalue weighted by molar-refractivity contribution is 0.0224. The van der Waals surface area contributed by atoms with Gasteiger partial charge in [-0.15, -0.1) is 0 Å². The maximum atomic E-state index is 13.0. The summed E-state index contributed by atoms with van der Waals surface area (Å²) in [6, 6.07) is 31.9. The van der Waals surface area contributed by atoms with Crippen LogP contribution in [0.25, 0.3) is 0 Å². The van der Waals surface area contributed by atoms with Gasteiger partial charge < -0.3 is 19.7 Å². The predicted octanol–water partition coefficient (Wildman–Crippen LogP) is 5.97. The Morgan fingerprint density at radius 3 is 2.29 bits per heavy atom. The summed E-state index contributed by atoms with van der Waals surface area (Å²) in [7, 11) is 4.13. The van der Waals surface area contributed by atoms with E-state index in [0.717, 1.165) is 28.9 Å². The highest BCUT2D eigenvalue weighted by Crippen LogP contribution is 2.57. The Bertz CT molecular complexity index is 1420. The smallest absolute Gasteiger partial charge is 0.340 e. The Kier molecular flexibility index (Phi) is 5.08. The van der Waals surface area contributed by atoms with Crippen molar-refractivity contribution < 1.29 is 14.3 Å². The van der Waals surface area contributed by atoms with Crippen LogP contribution in [0.4, 0.5) is 5.69 Å². The number of ether oxygens (including phenoxy) is 2. The fourth-order valence-corrected chi connectivity index (χ4v) is 5.23. The number of para-hydroxylation sites is 2. The first-order valence-electron chi connectivity index (χ1n) is 11.8. The van der Waals surface area contributed by atoms with E-state index in [4.69, 9.17) is 9.47 Å². The van der Waals surface area contributed by atoms with Crippen LogP contribution in [0, 0.1) is 0 Å². The summed E-state index contributed by atoms with van der Waals surface area (Å²) < 4.78 is 12.8. The molecule has 2 aliphatic rings. The molecule has 0 aromatic heterocycles. The maximum absolute atomic E-state index is 13.0. The fourth-order valence-electron chi connectivity index (χ4n) is 5.23. The number of anilines is 1. The predicted molar refractivity (Wildman–Crippen MR) is 136 cm³/mol. The topological polar surface area (TPSA) is 50.8 Å². The van der Waals surface area contributed by atoms with Crippen molar-refractivity contribution in [2.75, 3.05) is 26.0 Å². The van der Waals surface area contributed by atoms with Crippen molar-refractivity contribution in [1.29, 1.82) is 0 Å². The van der Waals surface area contributed by atoms with Crippen molar-refractivity contribution in [2.24, 2.45) is 0 Å². The van der Waals surface area contributed by atoms with Gasteiger partial charge in [-0.05, 0) is 37.9 Å². The van der Waals surface area contributed by atoms with Gasteiger partial charge >= 0.3 is 5.97 Å². The minimum atomic E-state index is -1.06. The van der Waals surface area contributed by atoms with E-state index in [1.54, 1.807) is 0 Å². The molecule has 0 saturated heterocycles. The second kappa shape index (κ2) is 8.29. The van der Waals surface area contributed by atoms with Gasteiger partial charge in [0.2, 0.25) is 0 Å². The molecule has 0 amide bonds. The van der Waals surface area contributed by atoms with Crippen LogP contribution in [0.5, 0.6) is 11.5 Å². The minimum Gasteiger partial charge on any atom is -0.454 e. The number of rotatable bonds is 5. The van der Waals surface area contributed by atoms with Crippen molar-refractivity contribution in [2.45, 2.75) is 11.6 Å². The molecule has 35 heavy (non-hydrogen) atoms. The molecular weight excluding hydrogens is 436 g/mol. The highest BCUT2D eigenvalue weighted by atomic mass is 16.6. The molecule has 0 aliphatic carbocycles. The molecule has 1 spiro atoms. The molecular formula is C30H26N2O3. The van der Waals surface area contributed by atoms with Gasteiger partial charge in [0.1, 0.15) is 5.75 Å². The number of carbonyl (C=O) groups excluding carboxylic acids is 1. The molecule has 5 heteroatoms. The van der Waals surface area contributed by atoms with Crippen LogP contribution in [0.15, 0.2) is 97.1 Å². The second-order valence-electron chi connectivity index (χ2n) is 9.27. The summed E-state index contributed by atoms with van der Waals surface area (Å²) in [5.74, 6) is 1.04. The monoisotopic (exact) mass is 462 g/mol. The average molecular weight is 463 g/mol. The fraction of sp³-hybridized carbons (Fsp3) is 0.167. The highest BCUT2D eigenvalue weighted by molar-refractivity contribution is 5.97. The molecule has 4 aromatic rings. The van der Waals surface area contributed by atoms with Crippen LogP contribution in [0.2, 0.25) is 0 Å². The van der Waals surface area contributed by atoms with Crippen molar-refractivity contribution in [1.82, 2.24) is 4.90 Å². The minimum absolute atomic E-state index is 0.0350. The number of esters is 1. The Labute approximate surface area is 204 Å². The van der Waals surface area contributed by atoms with Crippen molar-refractivity contribution >= 4 is 11.7 Å². The Morgan fingerprint density at radius 1 is 0.800 bits per heavy atom. The zero-order valence-corrected chi connectivity index (χ0v) is 19.7. The van der Waals surface area contributed by atoms with Crippen LogP contribution in [-0.4, -0.2) is 31.5 Å². The van der Waals surface area contributed by atoms with E-state index in [1.165, 1.54) is 5.56 Å². The third-order valence-electron chi connectivity index (χ3n) is 6.72. The molecule has 5 nitrogen and oxygen atoms in total. The molecule has 174 valence electrons. The normalized spacial score (nSPS) is 18.3. The first-order valence-corrected chi connectivity index (χ1v) is 11.8. The van der Waals surface area contributed by atoms with E-state index in [2.05, 4.69) is 48.6 Å². The van der Waals surface area contributed by atoms with E-state index < -0.39 is 5.60 Å². The number of hydrogen-bond acceptors (Lipinski definition) is 5. The molecule has 0 bridgehead atoms. The lowest BCUT2D eigenvalue weighted by Gasteiger charge is -2.37. The molecule has 2 heterocycles. The molecule has 2 aliphatic heterocycles. The zero-order chi connectivity index (χ0) is 24.0. The summed E-state index contributed by atoms with van der Waals surface area (Å²) in [4.78, 5) is 15.2. The van der Waals surface area contributed by atoms with Crippen molar-refractivity contribution in [3.63, 3.8) is 0 Å². The third-order valence-corrected chi connectivity index (χ3v) is 6.72. The van der Waals surface area contributed by atoms with Crippen LogP contribution in [0.1, 0.15) is 38.7 Å². The van der Waals surface area contributed by atoms with Gasteiger partial charge in [-0.1, -0.05) is 78.9 Å². The number of likely N-dealkylation sites (N-methyl/N-ethyl adjacent to an activating group) is 1. The van der Waals surface area contributed by atoms with Crippen molar-refractivity contribution in [3.05, 3.63) is 125 Å². The Morgan fingerprint density at radius 2 is 1.49 bits per heavy atom. The summed E-state index contributed by atoms with van der Waals surface area (Å²) in [5.41, 5.74) is 4.05. The van der Waals surface area contributed by atoms with Gasteiger partial charge in [0.15, 0.2) is 11.4 Å². The average Bonchev–Trinajstić information content (AvgIpc) is 3.17. The van der Waals surface area contributed by atoms with Crippen LogP contribution < -0.4 is 10.1 Å². The molecule has 1 N–H and O–H groups in total. The molecule has 0 radical (unpaired) electrons. The summed E-state index contributed by atoms with van der Waals surface area (Å²) >= 11 is 0. The van der Waals surface area contributed by atoms with E-state index in [9.17, 15) is 4.79 Å². The first kappa shape index (κ1) is 21.4. The van der Waals surface area contributed by atoms with E-state index >= 15 is 0 Å². The van der Waals surface area contributed by atoms with Gasteiger partial charge in [0.05, 0.1) is 17.3 Å². The summed E-state index contributed by atoms with van der Waals surface area (Å²) in [5, 5.41) is 3.72. The number of carbonyl (C=O) groups is 1. The quantitative estimate of drug-likeness (QED) is 0.370. The molecule has 2 atom stereocenters. The highest BCUT2D eigenvalue weighted by Gasteiger charge is 2.53. The van der Waals surface area contributed by atoms with Crippen LogP contribution in [0.3, 0.4) is 0 Å². The summed E-state index contributed by atoms with van der Waals surface area (Å²) in [6.45, 7) is 0.799. The molecule has 0 fully saturated rings. The van der Waals surface area contributed by atoms with E-state index in [0.29, 0.717) is 17.1 Å². The van der Waals surface area contributed by atoms with Gasteiger partial charge in [0.25, 0.3) is 0 Å². The van der Waals surface area contributed by atoms with Gasteiger partial charge in [-0.25, -0.2) is 4.79 Å². The van der Waals surface area contributed by atoms with Gasteiger partial charge in [0, 0.05) is 23.2 Å². The first-order chi connectivity index (χ1) is 17.1. The Balaban J connectivity index is 1.53. The van der Waals surface area contributed by atoms with Crippen LogP contribution >= 0.6 is 0 Å². The van der Waals surface area contributed by atoms with Gasteiger partial charge in [-0.2, -0.15) is 0 Å². The lowest BCUT2D eigenvalue weighted by Crippen LogP contribution is -2.33. The number of hydrogen-bond donors (Lipinski definition) is 1. The zero-order valence-electron chi connectivity index (χ0n) is 19.7. The molecule has 2 unspecified atom stereocenters. The number of fused-ring (bicyclic) bond motifs is 6. The molecule has 4 aromatic carbocycles. The summed E-state index contributed by atoms with van der Waals surface area (Å²) in [6.07, 6.45) is 0. The standard InChI is InChI=1S/C30H26N2O3/c1-32(2)19-26(20-11-4-3-5-12-20)31-25-17-10-16-24-28(25)34-27-18-9-8-15-23(27)30(24)22-14-7-6-13-21(22)29(33)35-30/h3-18,26,31H,19H2,1-2H3. The van der Waals surface area contributed by atoms with Crippen molar-refractivity contribution in [3.8, 4) is 11.5 Å². The van der Waals surface area contributed by atoms with Crippen LogP contribution in [-0.2, 0) is 10.3 Å². The number of benzene rings is 4.